The van der Waals surface area contributed by atoms with Crippen LogP contribution in [-0.2, 0) is 6.67 Å². The van der Waals surface area contributed by atoms with Crippen LogP contribution < -0.4 is 15.0 Å². The number of carbonyl (C=O) groups excluding carboxylic acids is 1. The van der Waals surface area contributed by atoms with Crippen molar-refractivity contribution in [2.24, 2.45) is 0 Å². The standard InChI is InChI=1S/C20H16ClFN4O2/c21-15-4-6-16(7-5-15)28-19-12-23-18(11-24-19)26-17(10-25-20(26)27)14-3-1-2-13(8-14)9-22/h1-8,11-12,17H,9-10H2,(H,25,27)/t17-/m1/s1. The summed E-state index contributed by atoms with van der Waals surface area (Å²) in [5.74, 6) is 1.25. The van der Waals surface area contributed by atoms with Gasteiger partial charge in [0.1, 0.15) is 12.4 Å². The van der Waals surface area contributed by atoms with Crippen molar-refractivity contribution in [1.29, 1.82) is 0 Å². The van der Waals surface area contributed by atoms with Gasteiger partial charge in [-0.05, 0) is 35.4 Å². The molecular weight excluding hydrogens is 383 g/mol. The third-order valence-electron chi connectivity index (χ3n) is 4.36. The van der Waals surface area contributed by atoms with Crippen LogP contribution in [0.2, 0.25) is 5.02 Å². The Hall–Kier alpha value is -3.19. The number of nitrogens with one attached hydrogen (secondary N) is 1. The van der Waals surface area contributed by atoms with Gasteiger partial charge in [-0.2, -0.15) is 0 Å². The molecule has 1 saturated heterocycles. The molecule has 4 rings (SSSR count). The highest BCUT2D eigenvalue weighted by Crippen LogP contribution is 2.30. The maximum atomic E-state index is 13.0. The lowest BCUT2D eigenvalue weighted by atomic mass is 10.0. The number of halogens is 2. The number of amides is 2. The number of benzene rings is 2. The fourth-order valence-corrected chi connectivity index (χ4v) is 3.15. The number of urea groups is 1. The highest BCUT2D eigenvalue weighted by Gasteiger charge is 2.34. The van der Waals surface area contributed by atoms with Gasteiger partial charge in [0.05, 0.1) is 18.4 Å². The lowest BCUT2D eigenvalue weighted by Gasteiger charge is -2.22. The van der Waals surface area contributed by atoms with Crippen LogP contribution in [0.3, 0.4) is 0 Å². The molecule has 1 N–H and O–H groups in total. The molecule has 0 radical (unpaired) electrons. The average molecular weight is 399 g/mol. The molecule has 0 spiro atoms. The van der Waals surface area contributed by atoms with Crippen molar-refractivity contribution in [3.8, 4) is 11.6 Å². The number of anilines is 1. The van der Waals surface area contributed by atoms with Gasteiger partial charge in [-0.1, -0.05) is 35.9 Å². The number of hydrogen-bond donors (Lipinski definition) is 1. The molecule has 8 heteroatoms. The predicted octanol–water partition coefficient (Wildman–Crippen LogP) is 4.66. The molecule has 2 amide bonds. The molecule has 1 aromatic heterocycles. The molecular formula is C20H16ClFN4O2. The molecule has 0 unspecified atom stereocenters. The first kappa shape index (κ1) is 18.2. The third kappa shape index (κ3) is 3.75. The number of ether oxygens (including phenoxy) is 1. The van der Waals surface area contributed by atoms with Crippen molar-refractivity contribution in [3.63, 3.8) is 0 Å². The second-order valence-electron chi connectivity index (χ2n) is 6.22. The van der Waals surface area contributed by atoms with Crippen molar-refractivity contribution in [2.45, 2.75) is 12.7 Å². The molecule has 1 aliphatic heterocycles. The van der Waals surface area contributed by atoms with E-state index in [4.69, 9.17) is 16.3 Å². The average Bonchev–Trinajstić information content (AvgIpc) is 3.12. The number of nitrogens with zero attached hydrogens (tertiary/aromatic N) is 3. The molecule has 6 nitrogen and oxygen atoms in total. The summed E-state index contributed by atoms with van der Waals surface area (Å²) in [5.41, 5.74) is 1.39. The monoisotopic (exact) mass is 398 g/mol. The van der Waals surface area contributed by atoms with E-state index in [9.17, 15) is 9.18 Å². The highest BCUT2D eigenvalue weighted by atomic mass is 35.5. The largest absolute Gasteiger partial charge is 0.438 e. The maximum absolute atomic E-state index is 13.0. The van der Waals surface area contributed by atoms with Crippen LogP contribution >= 0.6 is 11.6 Å². The number of hydrogen-bond acceptors (Lipinski definition) is 4. The second-order valence-corrected chi connectivity index (χ2v) is 6.66. The summed E-state index contributed by atoms with van der Waals surface area (Å²) in [4.78, 5) is 22.4. The Morgan fingerprint density at radius 2 is 2.00 bits per heavy atom. The summed E-state index contributed by atoms with van der Waals surface area (Å²) in [5, 5.41) is 3.40. The van der Waals surface area contributed by atoms with Gasteiger partial charge in [0.25, 0.3) is 0 Å². The van der Waals surface area contributed by atoms with Gasteiger partial charge in [-0.3, -0.25) is 4.90 Å². The van der Waals surface area contributed by atoms with Gasteiger partial charge < -0.3 is 10.1 Å². The topological polar surface area (TPSA) is 67.4 Å². The van der Waals surface area contributed by atoms with E-state index in [2.05, 4.69) is 15.3 Å². The van der Waals surface area contributed by atoms with Crippen LogP contribution in [0.25, 0.3) is 0 Å². The third-order valence-corrected chi connectivity index (χ3v) is 4.62. The van der Waals surface area contributed by atoms with Crippen molar-refractivity contribution in [2.75, 3.05) is 11.4 Å². The van der Waals surface area contributed by atoms with E-state index in [0.29, 0.717) is 34.6 Å². The molecule has 3 aromatic rings. The Kier molecular flexibility index (Phi) is 5.08. The minimum atomic E-state index is -0.557. The highest BCUT2D eigenvalue weighted by molar-refractivity contribution is 6.30. The summed E-state index contributed by atoms with van der Waals surface area (Å²) in [6, 6.07) is 13.4. The lowest BCUT2D eigenvalue weighted by Crippen LogP contribution is -2.30. The van der Waals surface area contributed by atoms with E-state index in [-0.39, 0.29) is 12.1 Å². The first-order valence-electron chi connectivity index (χ1n) is 8.61. The second kappa shape index (κ2) is 7.82. The van der Waals surface area contributed by atoms with Gasteiger partial charge in [0.2, 0.25) is 5.88 Å². The van der Waals surface area contributed by atoms with E-state index in [1.807, 2.05) is 6.07 Å². The number of carbonyl (C=O) groups is 1. The van der Waals surface area contributed by atoms with Crippen LogP contribution in [-0.4, -0.2) is 22.5 Å². The molecule has 2 heterocycles. The molecule has 1 fully saturated rings. The van der Waals surface area contributed by atoms with Gasteiger partial charge in [-0.25, -0.2) is 19.2 Å². The summed E-state index contributed by atoms with van der Waals surface area (Å²) < 4.78 is 18.6. The molecule has 28 heavy (non-hydrogen) atoms. The van der Waals surface area contributed by atoms with Crippen LogP contribution in [0.4, 0.5) is 15.0 Å². The van der Waals surface area contributed by atoms with Crippen molar-refractivity contribution >= 4 is 23.4 Å². The molecule has 1 aliphatic rings. The Balaban J connectivity index is 1.56. The van der Waals surface area contributed by atoms with Crippen LogP contribution in [0.5, 0.6) is 11.6 Å². The summed E-state index contributed by atoms with van der Waals surface area (Å²) in [7, 11) is 0. The van der Waals surface area contributed by atoms with Gasteiger partial charge >= 0.3 is 6.03 Å². The quantitative estimate of drug-likeness (QED) is 0.678. The zero-order chi connectivity index (χ0) is 19.5. The fourth-order valence-electron chi connectivity index (χ4n) is 3.03. The Bertz CT molecular complexity index is 982. The first-order chi connectivity index (χ1) is 13.6. The van der Waals surface area contributed by atoms with Gasteiger partial charge in [-0.15, -0.1) is 0 Å². The smallest absolute Gasteiger partial charge is 0.323 e. The van der Waals surface area contributed by atoms with Crippen LogP contribution in [0.1, 0.15) is 17.2 Å². The molecule has 0 bridgehead atoms. The predicted molar refractivity (Wildman–Crippen MR) is 103 cm³/mol. The lowest BCUT2D eigenvalue weighted by molar-refractivity contribution is 0.251. The molecule has 0 aliphatic carbocycles. The van der Waals surface area contributed by atoms with Gasteiger partial charge in [0.15, 0.2) is 5.82 Å². The SMILES string of the molecule is O=C1NC[C@H](c2cccc(CF)c2)N1c1cnc(Oc2ccc(Cl)cc2)cn1. The molecule has 2 aromatic carbocycles. The molecule has 142 valence electrons. The molecule has 0 saturated carbocycles. The Morgan fingerprint density at radius 1 is 1.18 bits per heavy atom. The zero-order valence-electron chi connectivity index (χ0n) is 14.7. The minimum Gasteiger partial charge on any atom is -0.438 e. The van der Waals surface area contributed by atoms with E-state index in [0.717, 1.165) is 5.56 Å². The fraction of sp³-hybridized carbons (Fsp3) is 0.150. The van der Waals surface area contributed by atoms with Crippen molar-refractivity contribution < 1.29 is 13.9 Å². The number of rotatable bonds is 5. The number of alkyl halides is 1. The summed E-state index contributed by atoms with van der Waals surface area (Å²) in [6.45, 7) is -0.155. The molecule has 1 atom stereocenters. The Labute approximate surface area is 165 Å². The Morgan fingerprint density at radius 3 is 2.71 bits per heavy atom. The van der Waals surface area contributed by atoms with E-state index in [1.165, 1.54) is 17.3 Å². The van der Waals surface area contributed by atoms with E-state index >= 15 is 0 Å². The maximum Gasteiger partial charge on any atom is 0.323 e. The normalized spacial score (nSPS) is 16.1. The zero-order valence-corrected chi connectivity index (χ0v) is 15.4. The van der Waals surface area contributed by atoms with Crippen molar-refractivity contribution in [3.05, 3.63) is 77.1 Å². The summed E-state index contributed by atoms with van der Waals surface area (Å²) >= 11 is 5.86. The van der Waals surface area contributed by atoms with E-state index in [1.54, 1.807) is 42.5 Å². The van der Waals surface area contributed by atoms with Crippen LogP contribution in [0.15, 0.2) is 60.9 Å². The minimum absolute atomic E-state index is 0.281. The summed E-state index contributed by atoms with van der Waals surface area (Å²) in [6.07, 6.45) is 2.92. The number of aromatic nitrogens is 2. The van der Waals surface area contributed by atoms with Crippen molar-refractivity contribution in [1.82, 2.24) is 15.3 Å². The van der Waals surface area contributed by atoms with E-state index < -0.39 is 6.67 Å². The van der Waals surface area contributed by atoms with Crippen LogP contribution in [0, 0.1) is 0 Å². The first-order valence-corrected chi connectivity index (χ1v) is 8.99. The van der Waals surface area contributed by atoms with Gasteiger partial charge in [0, 0.05) is 11.6 Å².